The summed E-state index contributed by atoms with van der Waals surface area (Å²) in [6.45, 7) is 2.74. The Hall–Kier alpha value is -1.27. The average molecular weight is 346 g/mol. The van der Waals surface area contributed by atoms with Crippen molar-refractivity contribution in [2.45, 2.75) is 31.2 Å². The van der Waals surface area contributed by atoms with Crippen molar-refractivity contribution >= 4 is 27.3 Å². The molecular formula is C15H20ClNO4S. The van der Waals surface area contributed by atoms with Crippen molar-refractivity contribution in [3.8, 4) is 5.75 Å². The van der Waals surface area contributed by atoms with Crippen molar-refractivity contribution in [1.82, 2.24) is 5.32 Å². The van der Waals surface area contributed by atoms with Gasteiger partial charge in [0.05, 0.1) is 29.5 Å². The number of halogens is 1. The van der Waals surface area contributed by atoms with Gasteiger partial charge in [0.25, 0.3) is 5.91 Å². The molecule has 1 heterocycles. The van der Waals surface area contributed by atoms with Crippen molar-refractivity contribution in [3.63, 3.8) is 0 Å². The molecule has 1 aliphatic heterocycles. The highest BCUT2D eigenvalue weighted by Gasteiger charge is 2.37. The number of carbonyl (C=O) groups is 1. The minimum absolute atomic E-state index is 0.0935. The largest absolute Gasteiger partial charge is 0.494 e. The fraction of sp³-hybridized carbons (Fsp3) is 0.533. The maximum absolute atomic E-state index is 12.1. The Kier molecular flexibility index (Phi) is 5.69. The number of sulfone groups is 1. The molecule has 0 radical (unpaired) electrons. The third-order valence-electron chi connectivity index (χ3n) is 3.48. The number of unbranched alkanes of at least 4 members (excludes halogenated alkanes) is 1. The number of amides is 1. The second kappa shape index (κ2) is 7.33. The predicted octanol–water partition coefficient (Wildman–Crippen LogP) is 2.00. The van der Waals surface area contributed by atoms with E-state index in [1.54, 1.807) is 24.3 Å². The van der Waals surface area contributed by atoms with E-state index >= 15 is 0 Å². The van der Waals surface area contributed by atoms with E-state index in [1.165, 1.54) is 0 Å². The van der Waals surface area contributed by atoms with Crippen LogP contribution in [0.15, 0.2) is 24.3 Å². The lowest BCUT2D eigenvalue weighted by atomic mass is 10.2. The van der Waals surface area contributed by atoms with Gasteiger partial charge >= 0.3 is 0 Å². The lowest BCUT2D eigenvalue weighted by molar-refractivity contribution is 0.0941. The van der Waals surface area contributed by atoms with E-state index in [1.807, 2.05) is 0 Å². The molecule has 0 bridgehead atoms. The van der Waals surface area contributed by atoms with Crippen LogP contribution in [0.25, 0.3) is 0 Å². The quantitative estimate of drug-likeness (QED) is 0.632. The van der Waals surface area contributed by atoms with Gasteiger partial charge in [-0.25, -0.2) is 8.42 Å². The molecule has 0 unspecified atom stereocenters. The lowest BCUT2D eigenvalue weighted by Gasteiger charge is -2.14. The molecule has 1 aromatic carbocycles. The number of benzene rings is 1. The topological polar surface area (TPSA) is 72.5 Å². The van der Waals surface area contributed by atoms with Crippen LogP contribution in [-0.4, -0.2) is 43.9 Å². The highest BCUT2D eigenvalue weighted by Crippen LogP contribution is 2.19. The first-order valence-corrected chi connectivity index (χ1v) is 9.55. The molecule has 7 heteroatoms. The third kappa shape index (κ3) is 4.61. The van der Waals surface area contributed by atoms with E-state index in [-0.39, 0.29) is 17.4 Å². The van der Waals surface area contributed by atoms with Crippen LogP contribution in [0.5, 0.6) is 5.75 Å². The van der Waals surface area contributed by atoms with Gasteiger partial charge in [-0.1, -0.05) is 13.3 Å². The van der Waals surface area contributed by atoms with E-state index in [0.717, 1.165) is 12.8 Å². The Labute approximate surface area is 135 Å². The smallest absolute Gasteiger partial charge is 0.251 e. The summed E-state index contributed by atoms with van der Waals surface area (Å²) in [6, 6.07) is 6.23. The highest BCUT2D eigenvalue weighted by molar-refractivity contribution is 7.91. The zero-order chi connectivity index (χ0) is 16.2. The van der Waals surface area contributed by atoms with Gasteiger partial charge < -0.3 is 10.1 Å². The molecule has 0 aromatic heterocycles. The highest BCUT2D eigenvalue weighted by atomic mass is 35.5. The summed E-state index contributed by atoms with van der Waals surface area (Å²) in [7, 11) is -3.16. The number of rotatable bonds is 6. The summed E-state index contributed by atoms with van der Waals surface area (Å²) in [5, 5.41) is 2.10. The Morgan fingerprint density at radius 3 is 2.55 bits per heavy atom. The molecule has 1 aliphatic rings. The van der Waals surface area contributed by atoms with E-state index in [2.05, 4.69) is 12.2 Å². The molecule has 2 rings (SSSR count). The van der Waals surface area contributed by atoms with Crippen LogP contribution in [0.1, 0.15) is 30.1 Å². The van der Waals surface area contributed by atoms with Gasteiger partial charge in [0.15, 0.2) is 9.84 Å². The van der Waals surface area contributed by atoms with Gasteiger partial charge in [-0.05, 0) is 30.7 Å². The fourth-order valence-corrected chi connectivity index (χ4v) is 4.78. The molecule has 0 saturated carbocycles. The second-order valence-electron chi connectivity index (χ2n) is 5.40. The Balaban J connectivity index is 1.93. The van der Waals surface area contributed by atoms with Gasteiger partial charge in [0.1, 0.15) is 5.75 Å². The van der Waals surface area contributed by atoms with E-state index in [4.69, 9.17) is 16.3 Å². The molecule has 1 saturated heterocycles. The van der Waals surface area contributed by atoms with Crippen molar-refractivity contribution in [2.24, 2.45) is 0 Å². The lowest BCUT2D eigenvalue weighted by Crippen LogP contribution is -2.40. The van der Waals surface area contributed by atoms with Gasteiger partial charge in [-0.3, -0.25) is 4.79 Å². The minimum atomic E-state index is -3.16. The first-order chi connectivity index (χ1) is 10.4. The summed E-state index contributed by atoms with van der Waals surface area (Å²) < 4.78 is 28.5. The summed E-state index contributed by atoms with van der Waals surface area (Å²) in [4.78, 5) is 12.1. The first-order valence-electron chi connectivity index (χ1n) is 7.29. The number of hydrogen-bond donors (Lipinski definition) is 1. The maximum Gasteiger partial charge on any atom is 0.251 e. The maximum atomic E-state index is 12.1. The number of alkyl halides is 1. The van der Waals surface area contributed by atoms with E-state index < -0.39 is 21.3 Å². The zero-order valence-corrected chi connectivity index (χ0v) is 14.0. The van der Waals surface area contributed by atoms with Crippen LogP contribution in [0, 0.1) is 0 Å². The number of nitrogens with one attached hydrogen (secondary N) is 1. The molecular weight excluding hydrogens is 326 g/mol. The van der Waals surface area contributed by atoms with Gasteiger partial charge in [0.2, 0.25) is 0 Å². The standard InChI is InChI=1S/C15H20ClNO4S/c1-2-3-8-21-12-6-4-11(5-7-12)15(18)17-14-10-22(19,20)9-13(14)16/h4-7,13-14H,2-3,8-10H2,1H3,(H,17,18)/t13-,14-/m0/s1. The number of ether oxygens (including phenoxy) is 1. The number of hydrogen-bond acceptors (Lipinski definition) is 4. The summed E-state index contributed by atoms with van der Waals surface area (Å²) in [5.41, 5.74) is 0.455. The molecule has 1 aromatic rings. The van der Waals surface area contributed by atoms with Crippen LogP contribution in [0.3, 0.4) is 0 Å². The van der Waals surface area contributed by atoms with Crippen molar-refractivity contribution in [1.29, 1.82) is 0 Å². The predicted molar refractivity (Wildman–Crippen MR) is 86.4 cm³/mol. The molecule has 122 valence electrons. The molecule has 22 heavy (non-hydrogen) atoms. The molecule has 0 aliphatic carbocycles. The molecule has 2 atom stereocenters. The average Bonchev–Trinajstić information content (AvgIpc) is 2.72. The summed E-state index contributed by atoms with van der Waals surface area (Å²) >= 11 is 5.98. The summed E-state index contributed by atoms with van der Waals surface area (Å²) in [6.07, 6.45) is 2.04. The van der Waals surface area contributed by atoms with Crippen LogP contribution in [0.2, 0.25) is 0 Å². The number of carbonyl (C=O) groups excluding carboxylic acids is 1. The molecule has 1 amide bonds. The summed E-state index contributed by atoms with van der Waals surface area (Å²) in [5.74, 6) is 0.186. The third-order valence-corrected chi connectivity index (χ3v) is 5.86. The molecule has 1 fully saturated rings. The van der Waals surface area contributed by atoms with Gasteiger partial charge in [-0.15, -0.1) is 11.6 Å². The normalized spacial score (nSPS) is 23.2. The monoisotopic (exact) mass is 345 g/mol. The van der Waals surface area contributed by atoms with Crippen molar-refractivity contribution in [2.75, 3.05) is 18.1 Å². The Morgan fingerprint density at radius 2 is 2.00 bits per heavy atom. The van der Waals surface area contributed by atoms with Crippen molar-refractivity contribution in [3.05, 3.63) is 29.8 Å². The Morgan fingerprint density at radius 1 is 1.32 bits per heavy atom. The fourth-order valence-electron chi connectivity index (χ4n) is 2.23. The van der Waals surface area contributed by atoms with E-state index in [9.17, 15) is 13.2 Å². The first kappa shape index (κ1) is 17.1. The van der Waals surface area contributed by atoms with Gasteiger partial charge in [0, 0.05) is 5.56 Å². The van der Waals surface area contributed by atoms with Crippen molar-refractivity contribution < 1.29 is 17.9 Å². The van der Waals surface area contributed by atoms with E-state index in [0.29, 0.717) is 17.9 Å². The van der Waals surface area contributed by atoms with Crippen LogP contribution in [-0.2, 0) is 9.84 Å². The second-order valence-corrected chi connectivity index (χ2v) is 8.11. The molecule has 1 N–H and O–H groups in total. The molecule has 0 spiro atoms. The Bertz CT molecular complexity index is 615. The van der Waals surface area contributed by atoms with Crippen LogP contribution in [0.4, 0.5) is 0 Å². The SMILES string of the molecule is CCCCOc1ccc(C(=O)N[C@H]2CS(=O)(=O)C[C@@H]2Cl)cc1. The minimum Gasteiger partial charge on any atom is -0.494 e. The van der Waals surface area contributed by atoms with Crippen LogP contribution < -0.4 is 10.1 Å². The van der Waals surface area contributed by atoms with Gasteiger partial charge in [-0.2, -0.15) is 0 Å². The van der Waals surface area contributed by atoms with Crippen LogP contribution >= 0.6 is 11.6 Å². The molecule has 5 nitrogen and oxygen atoms in total. The zero-order valence-electron chi connectivity index (χ0n) is 12.4.